The van der Waals surface area contributed by atoms with Crippen LogP contribution in [-0.4, -0.2) is 81.2 Å². The summed E-state index contributed by atoms with van der Waals surface area (Å²) >= 11 is 0.710. The molecule has 2 aromatic carbocycles. The van der Waals surface area contributed by atoms with Crippen molar-refractivity contribution >= 4 is 43.8 Å². The summed E-state index contributed by atoms with van der Waals surface area (Å²) in [7, 11) is 0. The number of aliphatic carboxylic acids is 1. The molecule has 1 saturated heterocycles. The van der Waals surface area contributed by atoms with Gasteiger partial charge in [0.25, 0.3) is 0 Å². The van der Waals surface area contributed by atoms with Crippen molar-refractivity contribution < 1.29 is 14.7 Å². The third-order valence-electron chi connectivity index (χ3n) is 5.60. The molecule has 7 nitrogen and oxygen atoms in total. The summed E-state index contributed by atoms with van der Waals surface area (Å²) in [5.41, 5.74) is 2.63. The number of aromatic nitrogens is 2. The van der Waals surface area contributed by atoms with Crippen LogP contribution in [0.2, 0.25) is 0 Å². The number of carbonyl (C=O) groups excluding carboxylic acids is 1. The van der Waals surface area contributed by atoms with Gasteiger partial charge < -0.3 is 0 Å². The number of nitrogens with zero attached hydrogens (tertiary/aromatic N) is 4. The number of carbonyl (C=O) groups is 2. The Hall–Kier alpha value is -2.69. The Morgan fingerprint density at radius 1 is 1.03 bits per heavy atom. The van der Waals surface area contributed by atoms with E-state index >= 15 is 0 Å². The average molecular weight is 611 g/mol. The number of carboxylic acids is 1. The van der Waals surface area contributed by atoms with Crippen LogP contribution in [0.25, 0.3) is 0 Å². The second-order valence-corrected chi connectivity index (χ2v) is 9.29. The van der Waals surface area contributed by atoms with E-state index in [4.69, 9.17) is 0 Å². The molecule has 1 aromatic heterocycles. The number of rotatable bonds is 5. The monoisotopic (exact) mass is 611 g/mol. The molecule has 0 saturated carbocycles. The van der Waals surface area contributed by atoms with Crippen LogP contribution < -0.4 is 4.90 Å². The zero-order valence-corrected chi connectivity index (χ0v) is 21.1. The molecule has 0 bridgehead atoms. The van der Waals surface area contributed by atoms with Crippen molar-refractivity contribution in [2.75, 3.05) is 24.5 Å². The van der Waals surface area contributed by atoms with E-state index in [0.29, 0.717) is 39.2 Å². The van der Waals surface area contributed by atoms with E-state index in [9.17, 15) is 14.7 Å². The molecule has 3 aromatic rings. The van der Waals surface area contributed by atoms with Gasteiger partial charge in [0.1, 0.15) is 0 Å². The fourth-order valence-corrected chi connectivity index (χ4v) is 5.53. The summed E-state index contributed by atoms with van der Waals surface area (Å²) in [5.74, 6) is -0.790. The van der Waals surface area contributed by atoms with E-state index in [0.717, 1.165) is 22.6 Å². The van der Waals surface area contributed by atoms with Gasteiger partial charge in [-0.2, -0.15) is 0 Å². The summed E-state index contributed by atoms with van der Waals surface area (Å²) in [6.07, 6.45) is 0. The van der Waals surface area contributed by atoms with Crippen LogP contribution in [-0.2, 0) is 9.59 Å². The van der Waals surface area contributed by atoms with Crippen molar-refractivity contribution in [1.29, 1.82) is 0 Å². The SMILES string of the molecule is Cc1cc(N2CCN(C(=O)C(c3ccccc3)c3ccccc3)C(C(=O)O)C2)[n]([Pb])n1. The Morgan fingerprint density at radius 3 is 2.10 bits per heavy atom. The molecular weight excluding hydrogens is 587 g/mol. The van der Waals surface area contributed by atoms with E-state index in [1.807, 2.05) is 81.0 Å². The van der Waals surface area contributed by atoms with Gasteiger partial charge in [-0.15, -0.1) is 0 Å². The molecule has 1 fully saturated rings. The predicted octanol–water partition coefficient (Wildman–Crippen LogP) is 2.06. The maximum absolute atomic E-state index is 13.8. The topological polar surface area (TPSA) is 78.7 Å². The van der Waals surface area contributed by atoms with E-state index < -0.39 is 17.9 Å². The number of carboxylic acid groups (broad SMARTS) is 1. The quantitative estimate of drug-likeness (QED) is 0.448. The Labute approximate surface area is 197 Å². The van der Waals surface area contributed by atoms with Gasteiger partial charge in [0.05, 0.1) is 0 Å². The number of hydrogen-bond donors (Lipinski definition) is 1. The molecule has 1 unspecified atom stereocenters. The van der Waals surface area contributed by atoms with Gasteiger partial charge in [-0.25, -0.2) is 0 Å². The first-order valence-electron chi connectivity index (χ1n) is 10.1. The number of piperazine rings is 1. The van der Waals surface area contributed by atoms with Gasteiger partial charge in [0.15, 0.2) is 0 Å². The van der Waals surface area contributed by atoms with Crippen LogP contribution in [0.1, 0.15) is 22.7 Å². The van der Waals surface area contributed by atoms with Crippen molar-refractivity contribution in [3.63, 3.8) is 0 Å². The summed E-state index contributed by atoms with van der Waals surface area (Å²) < 4.78 is 1.89. The van der Waals surface area contributed by atoms with Crippen LogP contribution >= 0.6 is 0 Å². The van der Waals surface area contributed by atoms with Crippen molar-refractivity contribution in [2.45, 2.75) is 18.9 Å². The zero-order valence-electron chi connectivity index (χ0n) is 17.2. The van der Waals surface area contributed by atoms with Crippen LogP contribution in [0.5, 0.6) is 0 Å². The van der Waals surface area contributed by atoms with E-state index in [-0.39, 0.29) is 12.5 Å². The normalized spacial score (nSPS) is 16.5. The van der Waals surface area contributed by atoms with Crippen molar-refractivity contribution in [2.24, 2.45) is 0 Å². The second-order valence-electron chi connectivity index (χ2n) is 7.64. The van der Waals surface area contributed by atoms with Crippen LogP contribution in [0, 0.1) is 6.92 Å². The van der Waals surface area contributed by atoms with Crippen LogP contribution in [0.3, 0.4) is 0 Å². The van der Waals surface area contributed by atoms with E-state index in [1.165, 1.54) is 4.90 Å². The maximum atomic E-state index is 13.8. The molecule has 1 aliphatic heterocycles. The van der Waals surface area contributed by atoms with Crippen molar-refractivity contribution in [3.8, 4) is 0 Å². The fraction of sp³-hybridized carbons (Fsp3) is 0.261. The minimum atomic E-state index is -0.992. The molecule has 157 valence electrons. The first-order valence-corrected chi connectivity index (χ1v) is 11.9. The van der Waals surface area contributed by atoms with Crippen molar-refractivity contribution in [1.82, 2.24) is 12.5 Å². The molecule has 1 N–H and O–H groups in total. The summed E-state index contributed by atoms with van der Waals surface area (Å²) in [6, 6.07) is 20.2. The zero-order chi connectivity index (χ0) is 22.0. The summed E-state index contributed by atoms with van der Waals surface area (Å²) in [5, 5.41) is 14.4. The molecule has 1 aliphatic rings. The number of hydrogen-bond acceptors (Lipinski definition) is 4. The van der Waals surface area contributed by atoms with Gasteiger partial charge in [-0.05, 0) is 0 Å². The van der Waals surface area contributed by atoms with Crippen molar-refractivity contribution in [3.05, 3.63) is 83.6 Å². The molecule has 0 aliphatic carbocycles. The fourth-order valence-electron chi connectivity index (χ4n) is 4.11. The molecule has 4 rings (SSSR count). The molecule has 1 amide bonds. The Morgan fingerprint density at radius 2 is 1.61 bits per heavy atom. The van der Waals surface area contributed by atoms with Gasteiger partial charge in [-0.1, -0.05) is 0 Å². The molecule has 31 heavy (non-hydrogen) atoms. The number of anilines is 1. The predicted molar refractivity (Wildman–Crippen MR) is 118 cm³/mol. The van der Waals surface area contributed by atoms with Gasteiger partial charge >= 0.3 is 198 Å². The first kappa shape index (κ1) is 21.5. The van der Waals surface area contributed by atoms with E-state index in [1.54, 1.807) is 0 Å². The second kappa shape index (κ2) is 9.21. The van der Waals surface area contributed by atoms with Crippen LogP contribution in [0.4, 0.5) is 5.82 Å². The summed E-state index contributed by atoms with van der Waals surface area (Å²) in [4.78, 5) is 29.5. The van der Waals surface area contributed by atoms with Gasteiger partial charge in [-0.3, -0.25) is 0 Å². The Kier molecular flexibility index (Phi) is 6.40. The molecule has 8 heteroatoms. The summed E-state index contributed by atoms with van der Waals surface area (Å²) in [6.45, 7) is 3.08. The number of amides is 1. The number of aryl methyl sites for hydroxylation is 1. The third-order valence-corrected chi connectivity index (χ3v) is 6.88. The van der Waals surface area contributed by atoms with Crippen LogP contribution in [0.15, 0.2) is 66.7 Å². The molecular formula is C23H23N4O3Pb. The first-order chi connectivity index (χ1) is 15.0. The molecule has 2 heterocycles. The number of benzene rings is 2. The van der Waals surface area contributed by atoms with E-state index in [2.05, 4.69) is 5.10 Å². The van der Waals surface area contributed by atoms with Gasteiger partial charge in [0, 0.05) is 0 Å². The minimum absolute atomic E-state index is 0.181. The molecule has 1 atom stereocenters. The Balaban J connectivity index is 1.65. The average Bonchev–Trinajstić information content (AvgIpc) is 3.12. The third kappa shape index (κ3) is 4.51. The molecule has 3 radical (unpaired) electrons. The van der Waals surface area contributed by atoms with Gasteiger partial charge in [0.2, 0.25) is 0 Å². The molecule has 0 spiro atoms. The Bertz CT molecular complexity index is 1030. The standard InChI is InChI=1S/C23H24N4O3.Pb/c1-16-14-20(25-24-16)26-12-13-27(19(15-26)23(29)30)22(28)21(17-8-4-2-5-9-17)18-10-6-3-7-11-18;/h2-11,14,19,21H,12-13,15H2,1H3,(H2,24,25,29,30);/q;+1/p-1.